The highest BCUT2D eigenvalue weighted by atomic mass is 79.9. The average Bonchev–Trinajstić information content (AvgIpc) is 2.51. The highest BCUT2D eigenvalue weighted by molar-refractivity contribution is 8.93. The van der Waals surface area contributed by atoms with Gasteiger partial charge in [0.05, 0.1) is 5.69 Å². The maximum absolute atomic E-state index is 3.41. The van der Waals surface area contributed by atoms with Crippen molar-refractivity contribution in [3.8, 4) is 0 Å². The number of para-hydroxylation sites is 1. The van der Waals surface area contributed by atoms with Crippen LogP contribution in [0.15, 0.2) is 58.3 Å². The lowest BCUT2D eigenvalue weighted by Crippen LogP contribution is -2.43. The SMILES string of the molecule is Br.Cc1ccc(Sc2ccccc2N2CCNCC2)cc1. The van der Waals surface area contributed by atoms with E-state index in [2.05, 4.69) is 65.7 Å². The first-order chi connectivity index (χ1) is 9.83. The average molecular weight is 365 g/mol. The van der Waals surface area contributed by atoms with Crippen LogP contribution in [0.5, 0.6) is 0 Å². The van der Waals surface area contributed by atoms with Crippen LogP contribution in [0.2, 0.25) is 0 Å². The zero-order valence-electron chi connectivity index (χ0n) is 12.2. The van der Waals surface area contributed by atoms with E-state index in [-0.39, 0.29) is 17.0 Å². The van der Waals surface area contributed by atoms with E-state index in [1.165, 1.54) is 21.0 Å². The Balaban J connectivity index is 0.00000161. The first-order valence-electron chi connectivity index (χ1n) is 7.12. The predicted octanol–water partition coefficient (Wildman–Crippen LogP) is 4.13. The van der Waals surface area contributed by atoms with Crippen molar-refractivity contribution in [1.29, 1.82) is 0 Å². The third-order valence-corrected chi connectivity index (χ3v) is 4.64. The van der Waals surface area contributed by atoms with Crippen LogP contribution in [0.4, 0.5) is 5.69 Å². The number of aryl methyl sites for hydroxylation is 1. The quantitative estimate of drug-likeness (QED) is 0.880. The molecule has 2 aromatic carbocycles. The summed E-state index contributed by atoms with van der Waals surface area (Å²) in [6.45, 7) is 6.45. The minimum atomic E-state index is 0. The van der Waals surface area contributed by atoms with Gasteiger partial charge in [0, 0.05) is 36.0 Å². The molecule has 0 spiro atoms. The van der Waals surface area contributed by atoms with E-state index in [4.69, 9.17) is 0 Å². The summed E-state index contributed by atoms with van der Waals surface area (Å²) in [5.74, 6) is 0. The molecule has 0 aliphatic carbocycles. The molecule has 21 heavy (non-hydrogen) atoms. The van der Waals surface area contributed by atoms with Gasteiger partial charge in [0.2, 0.25) is 0 Å². The molecule has 1 aliphatic rings. The van der Waals surface area contributed by atoms with Crippen LogP contribution in [0.25, 0.3) is 0 Å². The van der Waals surface area contributed by atoms with Crippen LogP contribution in [0.3, 0.4) is 0 Å². The van der Waals surface area contributed by atoms with Gasteiger partial charge in [-0.3, -0.25) is 0 Å². The second-order valence-corrected chi connectivity index (χ2v) is 6.24. The van der Waals surface area contributed by atoms with Gasteiger partial charge in [0.15, 0.2) is 0 Å². The Hall–Kier alpha value is -0.970. The van der Waals surface area contributed by atoms with Crippen molar-refractivity contribution in [3.05, 3.63) is 54.1 Å². The number of nitrogens with one attached hydrogen (secondary N) is 1. The van der Waals surface area contributed by atoms with E-state index in [1.807, 2.05) is 11.8 Å². The summed E-state index contributed by atoms with van der Waals surface area (Å²) in [5.41, 5.74) is 2.67. The van der Waals surface area contributed by atoms with E-state index < -0.39 is 0 Å². The molecule has 112 valence electrons. The molecule has 0 amide bonds. The number of anilines is 1. The van der Waals surface area contributed by atoms with Crippen LogP contribution in [-0.4, -0.2) is 26.2 Å². The van der Waals surface area contributed by atoms with Gasteiger partial charge in [-0.15, -0.1) is 17.0 Å². The number of benzene rings is 2. The van der Waals surface area contributed by atoms with Crippen molar-refractivity contribution in [1.82, 2.24) is 5.32 Å². The molecule has 0 bridgehead atoms. The Morgan fingerprint density at radius 3 is 2.33 bits per heavy atom. The maximum atomic E-state index is 3.41. The molecule has 0 aromatic heterocycles. The third-order valence-electron chi connectivity index (χ3n) is 3.57. The second kappa shape index (κ2) is 7.87. The van der Waals surface area contributed by atoms with Crippen molar-refractivity contribution in [3.63, 3.8) is 0 Å². The number of rotatable bonds is 3. The van der Waals surface area contributed by atoms with Gasteiger partial charge in [-0.05, 0) is 31.2 Å². The zero-order valence-corrected chi connectivity index (χ0v) is 14.7. The molecular formula is C17H21BrN2S. The lowest BCUT2D eigenvalue weighted by atomic mass is 10.2. The van der Waals surface area contributed by atoms with Crippen LogP contribution in [0, 0.1) is 6.92 Å². The molecule has 2 nitrogen and oxygen atoms in total. The Labute approximate surface area is 141 Å². The first-order valence-corrected chi connectivity index (χ1v) is 7.94. The molecule has 1 N–H and O–H groups in total. The summed E-state index contributed by atoms with van der Waals surface area (Å²) < 4.78 is 0. The van der Waals surface area contributed by atoms with Crippen molar-refractivity contribution in [2.45, 2.75) is 16.7 Å². The van der Waals surface area contributed by atoms with Crippen LogP contribution in [-0.2, 0) is 0 Å². The number of halogens is 1. The molecule has 0 atom stereocenters. The molecule has 3 rings (SSSR count). The third kappa shape index (κ3) is 4.25. The molecule has 0 radical (unpaired) electrons. The first kappa shape index (κ1) is 16.4. The van der Waals surface area contributed by atoms with E-state index in [0.717, 1.165) is 26.2 Å². The van der Waals surface area contributed by atoms with E-state index in [0.29, 0.717) is 0 Å². The standard InChI is InChI=1S/C17H20N2S.BrH/c1-14-6-8-15(9-7-14)20-17-5-3-2-4-16(17)19-12-10-18-11-13-19;/h2-9,18H,10-13H2,1H3;1H. The zero-order chi connectivity index (χ0) is 13.8. The molecule has 4 heteroatoms. The fraction of sp³-hybridized carbons (Fsp3) is 0.294. The van der Waals surface area contributed by atoms with Crippen molar-refractivity contribution < 1.29 is 0 Å². The maximum Gasteiger partial charge on any atom is 0.0508 e. The minimum absolute atomic E-state index is 0. The number of nitrogens with zero attached hydrogens (tertiary/aromatic N) is 1. The van der Waals surface area contributed by atoms with Crippen LogP contribution in [0.1, 0.15) is 5.56 Å². The smallest absolute Gasteiger partial charge is 0.0508 e. The fourth-order valence-corrected chi connectivity index (χ4v) is 3.42. The molecule has 1 saturated heterocycles. The summed E-state index contributed by atoms with van der Waals surface area (Å²) in [6, 6.07) is 17.5. The number of hydrogen-bond acceptors (Lipinski definition) is 3. The monoisotopic (exact) mass is 364 g/mol. The summed E-state index contributed by atoms with van der Waals surface area (Å²) >= 11 is 1.85. The van der Waals surface area contributed by atoms with Gasteiger partial charge in [0.1, 0.15) is 0 Å². The Bertz CT molecular complexity index is 565. The highest BCUT2D eigenvalue weighted by Crippen LogP contribution is 2.35. The second-order valence-electron chi connectivity index (χ2n) is 5.12. The van der Waals surface area contributed by atoms with Gasteiger partial charge in [-0.1, -0.05) is 41.6 Å². The van der Waals surface area contributed by atoms with Crippen LogP contribution >= 0.6 is 28.7 Å². The van der Waals surface area contributed by atoms with Gasteiger partial charge in [-0.25, -0.2) is 0 Å². The number of hydrogen-bond donors (Lipinski definition) is 1. The summed E-state index contributed by atoms with van der Waals surface area (Å²) in [4.78, 5) is 5.13. The largest absolute Gasteiger partial charge is 0.368 e. The molecule has 1 heterocycles. The summed E-state index contributed by atoms with van der Waals surface area (Å²) in [5, 5.41) is 3.41. The predicted molar refractivity (Wildman–Crippen MR) is 97.1 cm³/mol. The van der Waals surface area contributed by atoms with E-state index in [9.17, 15) is 0 Å². The van der Waals surface area contributed by atoms with Crippen molar-refractivity contribution >= 4 is 34.4 Å². The fourth-order valence-electron chi connectivity index (χ4n) is 2.44. The van der Waals surface area contributed by atoms with Crippen molar-refractivity contribution in [2.24, 2.45) is 0 Å². The van der Waals surface area contributed by atoms with Crippen LogP contribution < -0.4 is 10.2 Å². The Kier molecular flexibility index (Phi) is 6.15. The number of piperazine rings is 1. The Morgan fingerprint density at radius 1 is 0.952 bits per heavy atom. The molecule has 0 unspecified atom stereocenters. The minimum Gasteiger partial charge on any atom is -0.368 e. The van der Waals surface area contributed by atoms with Crippen molar-refractivity contribution in [2.75, 3.05) is 31.1 Å². The summed E-state index contributed by atoms with van der Waals surface area (Å²) in [7, 11) is 0. The lowest BCUT2D eigenvalue weighted by molar-refractivity contribution is 0.587. The lowest BCUT2D eigenvalue weighted by Gasteiger charge is -2.31. The molecular weight excluding hydrogens is 344 g/mol. The van der Waals surface area contributed by atoms with Gasteiger partial charge < -0.3 is 10.2 Å². The topological polar surface area (TPSA) is 15.3 Å². The van der Waals surface area contributed by atoms with Gasteiger partial charge >= 0.3 is 0 Å². The normalized spacial score (nSPS) is 14.6. The molecule has 1 aliphatic heterocycles. The molecule has 1 fully saturated rings. The van der Waals surface area contributed by atoms with Gasteiger partial charge in [-0.2, -0.15) is 0 Å². The van der Waals surface area contributed by atoms with E-state index >= 15 is 0 Å². The highest BCUT2D eigenvalue weighted by Gasteiger charge is 2.14. The van der Waals surface area contributed by atoms with E-state index in [1.54, 1.807) is 0 Å². The summed E-state index contributed by atoms with van der Waals surface area (Å²) in [6.07, 6.45) is 0. The molecule has 0 saturated carbocycles. The Morgan fingerprint density at radius 2 is 1.62 bits per heavy atom. The molecule has 2 aromatic rings. The van der Waals surface area contributed by atoms with Gasteiger partial charge in [0.25, 0.3) is 0 Å².